The monoisotopic (exact) mass is 417 g/mol. The summed E-state index contributed by atoms with van der Waals surface area (Å²) in [5.41, 5.74) is 0.367. The van der Waals surface area contributed by atoms with Crippen LogP contribution in [0, 0.1) is 11.3 Å². The molecule has 1 saturated heterocycles. The van der Waals surface area contributed by atoms with E-state index in [1.165, 1.54) is 17.7 Å². The Balaban J connectivity index is 1.56. The zero-order valence-electron chi connectivity index (χ0n) is 16.9. The maximum Gasteiger partial charge on any atom is 0.283 e. The van der Waals surface area contributed by atoms with E-state index in [1.54, 1.807) is 4.31 Å². The van der Waals surface area contributed by atoms with Gasteiger partial charge in [-0.1, -0.05) is 19.8 Å². The molecule has 2 aromatic heterocycles. The minimum absolute atomic E-state index is 0.383. The van der Waals surface area contributed by atoms with Crippen LogP contribution >= 0.6 is 0 Å². The number of nitrogens with zero attached hydrogens (tertiary/aromatic N) is 6. The summed E-state index contributed by atoms with van der Waals surface area (Å²) >= 11 is 0. The normalized spacial score (nSPS) is 20.3. The second-order valence-electron chi connectivity index (χ2n) is 7.97. The predicted octanol–water partition coefficient (Wildman–Crippen LogP) is 1.87. The lowest BCUT2D eigenvalue weighted by Crippen LogP contribution is -2.60. The van der Waals surface area contributed by atoms with E-state index in [-0.39, 0.29) is 0 Å². The van der Waals surface area contributed by atoms with Crippen LogP contribution in [-0.2, 0) is 10.2 Å². The highest BCUT2D eigenvalue weighted by Crippen LogP contribution is 2.47. The number of piperazine rings is 1. The summed E-state index contributed by atoms with van der Waals surface area (Å²) in [6, 6.07) is 3.49. The molecule has 1 spiro atoms. The molecule has 3 heterocycles. The van der Waals surface area contributed by atoms with Crippen molar-refractivity contribution in [2.75, 3.05) is 31.6 Å². The van der Waals surface area contributed by atoms with Gasteiger partial charge in [0.25, 0.3) is 10.2 Å². The molecule has 0 radical (unpaired) electrons. The third-order valence-electron chi connectivity index (χ3n) is 6.11. The van der Waals surface area contributed by atoms with Gasteiger partial charge in [-0.25, -0.2) is 9.97 Å². The van der Waals surface area contributed by atoms with Crippen molar-refractivity contribution in [2.24, 2.45) is 0 Å². The van der Waals surface area contributed by atoms with Gasteiger partial charge in [0, 0.05) is 32.9 Å². The van der Waals surface area contributed by atoms with Crippen molar-refractivity contribution in [3.63, 3.8) is 0 Å². The molecule has 1 unspecified atom stereocenters. The van der Waals surface area contributed by atoms with Gasteiger partial charge in [0.2, 0.25) is 0 Å². The number of nitrogens with one attached hydrogen (secondary N) is 1. The van der Waals surface area contributed by atoms with Crippen molar-refractivity contribution in [2.45, 2.75) is 50.6 Å². The first-order valence-corrected chi connectivity index (χ1v) is 11.5. The standard InChI is InChI=1S/C19H27N7O2S/c1-3-4-5-15(12-20)24(2)29(27,28)26-11-10-25(13-19(26)7-8-19)18-16-6-9-21-17(16)22-14-23-18/h6,9,14-15H,3-5,7-8,10-11,13H2,1-2H3,(H,21,22,23). The van der Waals surface area contributed by atoms with Crippen molar-refractivity contribution in [3.05, 3.63) is 18.6 Å². The lowest BCUT2D eigenvalue weighted by Gasteiger charge is -2.43. The topological polar surface area (TPSA) is 109 Å². The van der Waals surface area contributed by atoms with E-state index in [0.717, 1.165) is 42.5 Å². The number of unbranched alkanes of at least 4 members (excludes halogenated alkanes) is 1. The van der Waals surface area contributed by atoms with Crippen molar-refractivity contribution < 1.29 is 8.42 Å². The summed E-state index contributed by atoms with van der Waals surface area (Å²) in [5, 5.41) is 10.4. The lowest BCUT2D eigenvalue weighted by molar-refractivity contribution is 0.244. The third-order valence-corrected chi connectivity index (χ3v) is 8.22. The minimum atomic E-state index is -3.71. The molecule has 2 fully saturated rings. The molecule has 4 rings (SSSR count). The van der Waals surface area contributed by atoms with Gasteiger partial charge in [-0.15, -0.1) is 0 Å². The molecule has 156 valence electrons. The number of nitriles is 1. The zero-order chi connectivity index (χ0) is 20.6. The SMILES string of the molecule is CCCCC(C#N)N(C)S(=O)(=O)N1CCN(c2ncnc3[nH]ccc23)CC12CC2. The van der Waals surface area contributed by atoms with Gasteiger partial charge in [-0.3, -0.25) is 0 Å². The first-order valence-electron chi connectivity index (χ1n) is 10.1. The van der Waals surface area contributed by atoms with Crippen molar-refractivity contribution >= 4 is 27.1 Å². The zero-order valence-corrected chi connectivity index (χ0v) is 17.7. The van der Waals surface area contributed by atoms with Crippen LogP contribution in [-0.4, -0.2) is 70.2 Å². The number of rotatable bonds is 7. The average Bonchev–Trinajstić information content (AvgIpc) is 3.29. The summed E-state index contributed by atoms with van der Waals surface area (Å²) in [6.07, 6.45) is 7.34. The summed E-state index contributed by atoms with van der Waals surface area (Å²) in [5.74, 6) is 0.839. The highest BCUT2D eigenvalue weighted by molar-refractivity contribution is 7.86. The Morgan fingerprint density at radius 1 is 1.38 bits per heavy atom. The van der Waals surface area contributed by atoms with Crippen LogP contribution in [0.5, 0.6) is 0 Å². The Kier molecular flexibility index (Phi) is 5.23. The fraction of sp³-hybridized carbons (Fsp3) is 0.632. The van der Waals surface area contributed by atoms with Gasteiger partial charge in [0.15, 0.2) is 0 Å². The molecule has 1 aliphatic carbocycles. The van der Waals surface area contributed by atoms with Crippen molar-refractivity contribution in [3.8, 4) is 6.07 Å². The number of fused-ring (bicyclic) bond motifs is 1. The van der Waals surface area contributed by atoms with Crippen LogP contribution < -0.4 is 4.90 Å². The third kappa shape index (κ3) is 3.47. The number of anilines is 1. The Hall–Kier alpha value is -2.22. The fourth-order valence-electron chi connectivity index (χ4n) is 4.21. The van der Waals surface area contributed by atoms with E-state index in [1.807, 2.05) is 19.2 Å². The van der Waals surface area contributed by atoms with Crippen LogP contribution in [0.15, 0.2) is 18.6 Å². The van der Waals surface area contributed by atoms with Gasteiger partial charge in [-0.05, 0) is 25.3 Å². The van der Waals surface area contributed by atoms with E-state index >= 15 is 0 Å². The Bertz CT molecular complexity index is 1020. The van der Waals surface area contributed by atoms with E-state index in [2.05, 4.69) is 25.9 Å². The van der Waals surface area contributed by atoms with Crippen molar-refractivity contribution in [1.82, 2.24) is 23.6 Å². The first-order chi connectivity index (χ1) is 13.9. The molecule has 9 nitrogen and oxygen atoms in total. The second kappa shape index (κ2) is 7.55. The molecule has 0 aromatic carbocycles. The molecule has 2 aromatic rings. The number of H-pyrrole nitrogens is 1. The minimum Gasteiger partial charge on any atom is -0.353 e. The molecule has 1 N–H and O–H groups in total. The predicted molar refractivity (Wildman–Crippen MR) is 110 cm³/mol. The number of aromatic nitrogens is 3. The molecule has 1 atom stereocenters. The van der Waals surface area contributed by atoms with Crippen LogP contribution in [0.4, 0.5) is 5.82 Å². The van der Waals surface area contributed by atoms with Crippen LogP contribution in [0.1, 0.15) is 39.0 Å². The number of hydrogen-bond acceptors (Lipinski definition) is 6. The van der Waals surface area contributed by atoms with Crippen LogP contribution in [0.3, 0.4) is 0 Å². The molecular weight excluding hydrogens is 390 g/mol. The summed E-state index contributed by atoms with van der Waals surface area (Å²) < 4.78 is 29.6. The quantitative estimate of drug-likeness (QED) is 0.737. The molecular formula is C19H27N7O2S. The molecule has 2 aliphatic rings. The second-order valence-corrected chi connectivity index (χ2v) is 9.88. The molecule has 10 heteroatoms. The van der Waals surface area contributed by atoms with E-state index in [0.29, 0.717) is 26.1 Å². The first kappa shape index (κ1) is 20.1. The summed E-state index contributed by atoms with van der Waals surface area (Å²) in [6.45, 7) is 3.58. The molecule has 1 saturated carbocycles. The Morgan fingerprint density at radius 3 is 2.86 bits per heavy atom. The highest BCUT2D eigenvalue weighted by atomic mass is 32.2. The Morgan fingerprint density at radius 2 is 2.17 bits per heavy atom. The Labute approximate surface area is 171 Å². The molecule has 0 amide bonds. The van der Waals surface area contributed by atoms with Gasteiger partial charge < -0.3 is 9.88 Å². The summed E-state index contributed by atoms with van der Waals surface area (Å²) in [7, 11) is -2.17. The summed E-state index contributed by atoms with van der Waals surface area (Å²) in [4.78, 5) is 14.0. The van der Waals surface area contributed by atoms with Gasteiger partial charge in [0.05, 0.1) is 17.0 Å². The number of hydrogen-bond donors (Lipinski definition) is 1. The lowest BCUT2D eigenvalue weighted by atomic mass is 10.1. The molecule has 29 heavy (non-hydrogen) atoms. The largest absolute Gasteiger partial charge is 0.353 e. The van der Waals surface area contributed by atoms with Crippen molar-refractivity contribution in [1.29, 1.82) is 5.26 Å². The van der Waals surface area contributed by atoms with E-state index in [9.17, 15) is 13.7 Å². The van der Waals surface area contributed by atoms with Gasteiger partial charge >= 0.3 is 0 Å². The molecule has 1 aliphatic heterocycles. The van der Waals surface area contributed by atoms with E-state index < -0.39 is 21.8 Å². The fourth-order valence-corrected chi connectivity index (χ4v) is 6.03. The maximum absolute atomic E-state index is 13.4. The highest BCUT2D eigenvalue weighted by Gasteiger charge is 2.57. The molecule has 0 bridgehead atoms. The maximum atomic E-state index is 13.4. The van der Waals surface area contributed by atoms with Crippen LogP contribution in [0.2, 0.25) is 0 Å². The smallest absolute Gasteiger partial charge is 0.283 e. The van der Waals surface area contributed by atoms with E-state index in [4.69, 9.17) is 0 Å². The van der Waals surface area contributed by atoms with Gasteiger partial charge in [-0.2, -0.15) is 22.3 Å². The average molecular weight is 418 g/mol. The number of aromatic amines is 1. The van der Waals surface area contributed by atoms with Gasteiger partial charge in [0.1, 0.15) is 23.8 Å². The van der Waals surface area contributed by atoms with Crippen LogP contribution in [0.25, 0.3) is 11.0 Å².